The second kappa shape index (κ2) is 5.17. The van der Waals surface area contributed by atoms with E-state index in [2.05, 4.69) is 32.6 Å². The summed E-state index contributed by atoms with van der Waals surface area (Å²) in [4.78, 5) is 13.3. The van der Waals surface area contributed by atoms with E-state index >= 15 is 0 Å². The Hall–Kier alpha value is -0.570. The molecule has 2 atom stereocenters. The van der Waals surface area contributed by atoms with Gasteiger partial charge in [-0.2, -0.15) is 0 Å². The van der Waals surface area contributed by atoms with Gasteiger partial charge in [0.1, 0.15) is 0 Å². The molecular formula is C13H25NO2. The average Bonchev–Trinajstić information content (AvgIpc) is 2.14. The quantitative estimate of drug-likeness (QED) is 0.805. The second-order valence-corrected chi connectivity index (χ2v) is 6.27. The van der Waals surface area contributed by atoms with Gasteiger partial charge in [0, 0.05) is 12.6 Å². The summed E-state index contributed by atoms with van der Waals surface area (Å²) in [6, 6.07) is 0.540. The molecule has 0 aliphatic carbocycles. The van der Waals surface area contributed by atoms with Crippen molar-refractivity contribution in [2.75, 3.05) is 13.1 Å². The number of hydrogen-bond donors (Lipinski definition) is 1. The highest BCUT2D eigenvalue weighted by Gasteiger charge is 2.29. The first kappa shape index (κ1) is 13.5. The van der Waals surface area contributed by atoms with Gasteiger partial charge in [-0.1, -0.05) is 20.8 Å². The number of rotatable bonds is 3. The molecule has 1 saturated heterocycles. The lowest BCUT2D eigenvalue weighted by molar-refractivity contribution is -0.144. The minimum atomic E-state index is -0.632. The smallest absolute Gasteiger partial charge is 0.307 e. The molecule has 1 aliphatic heterocycles. The summed E-state index contributed by atoms with van der Waals surface area (Å²) in [5.74, 6) is -0.788. The van der Waals surface area contributed by atoms with Gasteiger partial charge in [-0.05, 0) is 38.1 Å². The van der Waals surface area contributed by atoms with E-state index in [9.17, 15) is 4.79 Å². The molecule has 0 aromatic heterocycles. The molecule has 0 bridgehead atoms. The Labute approximate surface area is 98.8 Å². The van der Waals surface area contributed by atoms with Crippen molar-refractivity contribution >= 4 is 5.97 Å². The molecule has 1 N–H and O–H groups in total. The van der Waals surface area contributed by atoms with E-state index in [1.165, 1.54) is 0 Å². The fourth-order valence-electron chi connectivity index (χ4n) is 2.17. The van der Waals surface area contributed by atoms with Gasteiger partial charge >= 0.3 is 5.97 Å². The number of aliphatic carboxylic acids is 1. The van der Waals surface area contributed by atoms with Gasteiger partial charge in [-0.3, -0.25) is 9.69 Å². The van der Waals surface area contributed by atoms with Crippen LogP contribution in [0.25, 0.3) is 0 Å². The Morgan fingerprint density at radius 1 is 1.38 bits per heavy atom. The minimum Gasteiger partial charge on any atom is -0.481 e. The van der Waals surface area contributed by atoms with Crippen molar-refractivity contribution < 1.29 is 9.90 Å². The van der Waals surface area contributed by atoms with Crippen LogP contribution >= 0.6 is 0 Å². The minimum absolute atomic E-state index is 0.156. The average molecular weight is 227 g/mol. The second-order valence-electron chi connectivity index (χ2n) is 6.27. The van der Waals surface area contributed by atoms with Crippen molar-refractivity contribution in [3.63, 3.8) is 0 Å². The Bertz CT molecular complexity index is 245. The van der Waals surface area contributed by atoms with Gasteiger partial charge in [0.25, 0.3) is 0 Å². The SMILES string of the molecule is CC1CCC(C(=O)O)CN1CCC(C)(C)C. The van der Waals surface area contributed by atoms with E-state index in [4.69, 9.17) is 5.11 Å². The van der Waals surface area contributed by atoms with Crippen molar-refractivity contribution in [3.05, 3.63) is 0 Å². The molecule has 0 aromatic rings. The van der Waals surface area contributed by atoms with E-state index in [0.717, 1.165) is 32.4 Å². The molecule has 3 heteroatoms. The van der Waals surface area contributed by atoms with Crippen LogP contribution in [0.15, 0.2) is 0 Å². The third-order valence-electron chi connectivity index (χ3n) is 3.51. The summed E-state index contributed by atoms with van der Waals surface area (Å²) in [5.41, 5.74) is 0.329. The first-order valence-electron chi connectivity index (χ1n) is 6.26. The standard InChI is InChI=1S/C13H25NO2/c1-10-5-6-11(12(15)16)9-14(10)8-7-13(2,3)4/h10-11H,5-9H2,1-4H3,(H,15,16). The van der Waals surface area contributed by atoms with Crippen molar-refractivity contribution in [3.8, 4) is 0 Å². The molecule has 0 spiro atoms. The lowest BCUT2D eigenvalue weighted by atomic mass is 9.89. The van der Waals surface area contributed by atoms with Crippen LogP contribution in [0, 0.1) is 11.3 Å². The zero-order chi connectivity index (χ0) is 12.3. The fourth-order valence-corrected chi connectivity index (χ4v) is 2.17. The van der Waals surface area contributed by atoms with Gasteiger partial charge in [-0.25, -0.2) is 0 Å². The summed E-state index contributed by atoms with van der Waals surface area (Å²) in [5, 5.41) is 9.04. The highest BCUT2D eigenvalue weighted by molar-refractivity contribution is 5.70. The normalized spacial score (nSPS) is 28.0. The van der Waals surface area contributed by atoms with Crippen LogP contribution in [0.2, 0.25) is 0 Å². The van der Waals surface area contributed by atoms with Crippen molar-refractivity contribution in [1.29, 1.82) is 0 Å². The molecule has 2 unspecified atom stereocenters. The maximum Gasteiger partial charge on any atom is 0.307 e. The number of hydrogen-bond acceptors (Lipinski definition) is 2. The van der Waals surface area contributed by atoms with Crippen LogP contribution in [-0.2, 0) is 4.79 Å². The van der Waals surface area contributed by atoms with Crippen LogP contribution in [0.3, 0.4) is 0 Å². The predicted octanol–water partition coefficient (Wildman–Crippen LogP) is 2.61. The van der Waals surface area contributed by atoms with E-state index < -0.39 is 5.97 Å². The largest absolute Gasteiger partial charge is 0.481 e. The molecule has 0 amide bonds. The molecule has 3 nitrogen and oxygen atoms in total. The summed E-state index contributed by atoms with van der Waals surface area (Å²) in [7, 11) is 0. The third kappa shape index (κ3) is 4.12. The fraction of sp³-hybridized carbons (Fsp3) is 0.923. The predicted molar refractivity (Wildman–Crippen MR) is 65.5 cm³/mol. The molecular weight excluding hydrogens is 202 g/mol. The lowest BCUT2D eigenvalue weighted by Crippen LogP contribution is -2.45. The maximum absolute atomic E-state index is 11.0. The Balaban J connectivity index is 2.47. The van der Waals surface area contributed by atoms with Crippen LogP contribution in [0.4, 0.5) is 0 Å². The summed E-state index contributed by atoms with van der Waals surface area (Å²) in [6.45, 7) is 10.7. The van der Waals surface area contributed by atoms with Crippen LogP contribution in [0.1, 0.15) is 47.0 Å². The molecule has 0 saturated carbocycles. The van der Waals surface area contributed by atoms with E-state index in [1.54, 1.807) is 0 Å². The summed E-state index contributed by atoms with van der Waals surface area (Å²) >= 11 is 0. The highest BCUT2D eigenvalue weighted by atomic mass is 16.4. The van der Waals surface area contributed by atoms with Gasteiger partial charge in [0.15, 0.2) is 0 Å². The Morgan fingerprint density at radius 2 is 2.00 bits per heavy atom. The monoisotopic (exact) mass is 227 g/mol. The third-order valence-corrected chi connectivity index (χ3v) is 3.51. The molecule has 0 radical (unpaired) electrons. The van der Waals surface area contributed by atoms with Crippen LogP contribution in [0.5, 0.6) is 0 Å². The molecule has 1 fully saturated rings. The van der Waals surface area contributed by atoms with Gasteiger partial charge in [0.05, 0.1) is 5.92 Å². The van der Waals surface area contributed by atoms with Gasteiger partial charge in [0.2, 0.25) is 0 Å². The van der Waals surface area contributed by atoms with E-state index in [-0.39, 0.29) is 5.92 Å². The van der Waals surface area contributed by atoms with E-state index in [0.29, 0.717) is 11.5 Å². The zero-order valence-corrected chi connectivity index (χ0v) is 11.0. The number of piperidine rings is 1. The van der Waals surface area contributed by atoms with Crippen molar-refractivity contribution in [2.45, 2.75) is 53.0 Å². The van der Waals surface area contributed by atoms with Gasteiger partial charge < -0.3 is 5.11 Å². The molecule has 1 aliphatic rings. The summed E-state index contributed by atoms with van der Waals surface area (Å²) in [6.07, 6.45) is 2.98. The van der Waals surface area contributed by atoms with Gasteiger partial charge in [-0.15, -0.1) is 0 Å². The molecule has 16 heavy (non-hydrogen) atoms. The number of carboxylic acids is 1. The molecule has 1 heterocycles. The summed E-state index contributed by atoms with van der Waals surface area (Å²) < 4.78 is 0. The highest BCUT2D eigenvalue weighted by Crippen LogP contribution is 2.25. The number of carboxylic acid groups (broad SMARTS) is 1. The molecule has 1 rings (SSSR count). The molecule has 0 aromatic carbocycles. The zero-order valence-electron chi connectivity index (χ0n) is 11.0. The Morgan fingerprint density at radius 3 is 2.50 bits per heavy atom. The lowest BCUT2D eigenvalue weighted by Gasteiger charge is -2.37. The Kier molecular flexibility index (Phi) is 4.36. The first-order valence-corrected chi connectivity index (χ1v) is 6.26. The number of carbonyl (C=O) groups is 1. The number of nitrogens with zero attached hydrogens (tertiary/aromatic N) is 1. The number of likely N-dealkylation sites (tertiary alicyclic amines) is 1. The topological polar surface area (TPSA) is 40.5 Å². The van der Waals surface area contributed by atoms with E-state index in [1.807, 2.05) is 0 Å². The molecule has 94 valence electrons. The maximum atomic E-state index is 11.0. The van der Waals surface area contributed by atoms with Crippen LogP contribution in [-0.4, -0.2) is 35.1 Å². The van der Waals surface area contributed by atoms with Crippen LogP contribution < -0.4 is 0 Å². The van der Waals surface area contributed by atoms with Crippen molar-refractivity contribution in [2.24, 2.45) is 11.3 Å². The van der Waals surface area contributed by atoms with Crippen molar-refractivity contribution in [1.82, 2.24) is 4.90 Å². The first-order chi connectivity index (χ1) is 7.29.